The number of fused-ring (bicyclic) bond motifs is 3. The van der Waals surface area contributed by atoms with Gasteiger partial charge in [-0.15, -0.1) is 0 Å². The van der Waals surface area contributed by atoms with Crippen molar-refractivity contribution in [1.82, 2.24) is 24.5 Å². The van der Waals surface area contributed by atoms with Crippen molar-refractivity contribution in [1.29, 1.82) is 0 Å². The molecule has 13 nitrogen and oxygen atoms in total. The Bertz CT molecular complexity index is 3820. The molecular weight excluding hydrogens is 1100 g/mol. The number of imide groups is 1. The van der Waals surface area contributed by atoms with Gasteiger partial charge in [-0.05, 0) is 96.4 Å². The molecule has 0 spiro atoms. The van der Waals surface area contributed by atoms with Gasteiger partial charge >= 0.3 is 0 Å². The minimum atomic E-state index is -1.01. The molecule has 0 saturated carbocycles. The number of nitrogens with zero attached hydrogens (tertiary/aromatic N) is 7. The van der Waals surface area contributed by atoms with Gasteiger partial charge in [0.1, 0.15) is 20.3 Å². The highest BCUT2D eigenvalue weighted by Crippen LogP contribution is 2.46. The van der Waals surface area contributed by atoms with E-state index in [2.05, 4.69) is 68.3 Å². The SMILES string of the molecule is Cc1cc2c(Br)nn(C(c3ccccc3)(c3ccccc3)c3ccccc3)c2cc1[N+](=O)[O-].O=C1c2ccccc2C(=O)N1Cc1cc2c(Br)nn(C(c3ccccc3)(c3ccccc3)c3ccccc3)c2cc1[N+](=O)[O-]. The minimum Gasteiger partial charge on any atom is -0.270 e. The van der Waals surface area contributed by atoms with E-state index in [1.165, 1.54) is 6.07 Å². The predicted molar refractivity (Wildman–Crippen MR) is 303 cm³/mol. The van der Waals surface area contributed by atoms with Crippen LogP contribution < -0.4 is 0 Å². The molecule has 0 bridgehead atoms. The lowest BCUT2D eigenvalue weighted by molar-refractivity contribution is -0.385. The molecule has 9 aromatic carbocycles. The van der Waals surface area contributed by atoms with Crippen LogP contribution in [0.5, 0.6) is 0 Å². The van der Waals surface area contributed by atoms with Crippen molar-refractivity contribution in [2.45, 2.75) is 24.5 Å². The number of halogens is 2. The van der Waals surface area contributed by atoms with Crippen molar-refractivity contribution in [2.75, 3.05) is 0 Å². The van der Waals surface area contributed by atoms with Gasteiger partial charge < -0.3 is 0 Å². The largest absolute Gasteiger partial charge is 0.276 e. The Balaban J connectivity index is 0.000000171. The molecule has 0 N–H and O–H groups in total. The molecule has 2 amide bonds. The Hall–Kier alpha value is -9.18. The molecule has 0 radical (unpaired) electrons. The molecule has 0 aliphatic carbocycles. The van der Waals surface area contributed by atoms with Crippen molar-refractivity contribution < 1.29 is 19.4 Å². The summed E-state index contributed by atoms with van der Waals surface area (Å²) < 4.78 is 4.85. The fraction of sp³-hybridized carbons (Fsp3) is 0.0645. The standard InChI is InChI=1S/C35H23BrN4O4.C27H20BrN3O2/c36-32-29-20-23(22-38-33(41)27-18-10-11-19-28(27)34(38)42)30(40(43)44)21-31(29)39(37-32)35(24-12-4-1-5-13-24,25-14-6-2-7-15-25)26-16-8-3-9-17-26;1-19-17-23-25(18-24(19)31(32)33)30(29-26(23)28)27(20-11-5-2-6-12-20,21-13-7-3-8-14-21)22-15-9-4-10-16-22/h1-21H,22H2;2-18H,1H3. The van der Waals surface area contributed by atoms with Gasteiger partial charge in [-0.25, -0.2) is 9.36 Å². The molecule has 2 aromatic heterocycles. The molecular formula is C62H43Br2N7O6. The zero-order chi connectivity index (χ0) is 53.4. The number of aryl methyl sites for hydroxylation is 1. The molecule has 12 rings (SSSR count). The number of carbonyl (C=O) groups excluding carboxylic acids is 2. The van der Waals surface area contributed by atoms with Crippen LogP contribution in [0.15, 0.2) is 240 Å². The second-order valence-corrected chi connectivity index (χ2v) is 19.9. The fourth-order valence-corrected chi connectivity index (χ4v) is 11.7. The first-order valence-corrected chi connectivity index (χ1v) is 26.0. The summed E-state index contributed by atoms with van der Waals surface area (Å²) in [6, 6.07) is 73.2. The molecule has 0 fully saturated rings. The molecule has 0 saturated heterocycles. The van der Waals surface area contributed by atoms with E-state index in [1.54, 1.807) is 43.3 Å². The number of carbonyl (C=O) groups is 2. The van der Waals surface area contributed by atoms with Crippen molar-refractivity contribution in [3.63, 3.8) is 0 Å². The van der Waals surface area contributed by atoms with Crippen LogP contribution in [0.25, 0.3) is 21.8 Å². The third-order valence-corrected chi connectivity index (χ3v) is 15.3. The molecule has 376 valence electrons. The van der Waals surface area contributed by atoms with Crippen LogP contribution >= 0.6 is 31.9 Å². The number of hydrogen-bond acceptors (Lipinski definition) is 8. The normalized spacial score (nSPS) is 12.4. The first-order chi connectivity index (χ1) is 37.4. The monoisotopic (exact) mass is 1140 g/mol. The highest BCUT2D eigenvalue weighted by Gasteiger charge is 2.44. The van der Waals surface area contributed by atoms with Gasteiger partial charge in [-0.2, -0.15) is 10.2 Å². The average Bonchev–Trinajstić information content (AvgIpc) is 4.12. The number of nitro groups is 2. The maximum atomic E-state index is 13.1. The van der Waals surface area contributed by atoms with Crippen molar-refractivity contribution in [3.8, 4) is 0 Å². The summed E-state index contributed by atoms with van der Waals surface area (Å²) in [5.74, 6) is -0.961. The van der Waals surface area contributed by atoms with Crippen molar-refractivity contribution in [3.05, 3.63) is 316 Å². The first-order valence-electron chi connectivity index (χ1n) is 24.4. The topological polar surface area (TPSA) is 159 Å². The quantitative estimate of drug-likeness (QED) is 0.0506. The zero-order valence-corrected chi connectivity index (χ0v) is 44.2. The molecule has 1 aliphatic heterocycles. The van der Waals surface area contributed by atoms with Gasteiger partial charge in [0.05, 0.1) is 44.1 Å². The second-order valence-electron chi connectivity index (χ2n) is 18.4. The smallest absolute Gasteiger partial charge is 0.270 e. The van der Waals surface area contributed by atoms with E-state index in [9.17, 15) is 29.8 Å². The van der Waals surface area contributed by atoms with Crippen LogP contribution in [-0.2, 0) is 17.6 Å². The Labute approximate surface area is 458 Å². The Morgan fingerprint density at radius 2 is 0.740 bits per heavy atom. The lowest BCUT2D eigenvalue weighted by Crippen LogP contribution is -2.38. The number of aromatic nitrogens is 4. The summed E-state index contributed by atoms with van der Waals surface area (Å²) in [5.41, 5.74) is 6.30. The number of amides is 2. The van der Waals surface area contributed by atoms with Crippen molar-refractivity contribution >= 4 is 76.9 Å². The predicted octanol–water partition coefficient (Wildman–Crippen LogP) is 14.2. The summed E-state index contributed by atoms with van der Waals surface area (Å²) in [4.78, 5) is 50.9. The molecule has 15 heteroatoms. The number of rotatable bonds is 12. The van der Waals surface area contributed by atoms with Crippen LogP contribution in [-0.4, -0.2) is 46.1 Å². The van der Waals surface area contributed by atoms with Gasteiger partial charge in [0.2, 0.25) is 0 Å². The molecule has 0 unspecified atom stereocenters. The third kappa shape index (κ3) is 8.49. The van der Waals surface area contributed by atoms with Crippen LogP contribution in [0, 0.1) is 27.2 Å². The lowest BCUT2D eigenvalue weighted by atomic mass is 9.77. The Morgan fingerprint density at radius 1 is 0.442 bits per heavy atom. The highest BCUT2D eigenvalue weighted by molar-refractivity contribution is 9.10. The van der Waals surface area contributed by atoms with Crippen LogP contribution in [0.3, 0.4) is 0 Å². The zero-order valence-electron chi connectivity index (χ0n) is 41.0. The minimum absolute atomic E-state index is 0.0687. The Kier molecular flexibility index (Phi) is 13.3. The van der Waals surface area contributed by atoms with Gasteiger partial charge in [0.25, 0.3) is 23.2 Å². The van der Waals surface area contributed by atoms with Gasteiger partial charge in [0.15, 0.2) is 0 Å². The fourth-order valence-electron chi connectivity index (χ4n) is 10.7. The number of benzene rings is 9. The molecule has 77 heavy (non-hydrogen) atoms. The first kappa shape index (κ1) is 50.0. The lowest BCUT2D eigenvalue weighted by Gasteiger charge is -2.37. The Morgan fingerprint density at radius 3 is 1.06 bits per heavy atom. The second kappa shape index (κ2) is 20.5. The van der Waals surface area contributed by atoms with Crippen LogP contribution in [0.1, 0.15) is 65.2 Å². The van der Waals surface area contributed by atoms with E-state index in [0.717, 1.165) is 43.7 Å². The number of hydrogen-bond donors (Lipinski definition) is 0. The van der Waals surface area contributed by atoms with Crippen LogP contribution in [0.2, 0.25) is 0 Å². The van der Waals surface area contributed by atoms with Gasteiger partial charge in [0, 0.05) is 28.5 Å². The van der Waals surface area contributed by atoms with E-state index < -0.39 is 27.8 Å². The van der Waals surface area contributed by atoms with Crippen LogP contribution in [0.4, 0.5) is 11.4 Å². The third-order valence-electron chi connectivity index (χ3n) is 14.2. The van der Waals surface area contributed by atoms with E-state index in [1.807, 2.05) is 161 Å². The molecule has 11 aromatic rings. The average molecular weight is 1140 g/mol. The van der Waals surface area contributed by atoms with Crippen molar-refractivity contribution in [2.24, 2.45) is 0 Å². The number of nitro benzene ring substituents is 2. The van der Waals surface area contributed by atoms with E-state index >= 15 is 0 Å². The summed E-state index contributed by atoms with van der Waals surface area (Å²) in [7, 11) is 0. The maximum Gasteiger partial charge on any atom is 0.276 e. The molecule has 0 atom stereocenters. The van der Waals surface area contributed by atoms with E-state index in [0.29, 0.717) is 31.2 Å². The summed E-state index contributed by atoms with van der Waals surface area (Å²) in [6.07, 6.45) is 0. The van der Waals surface area contributed by atoms with E-state index in [4.69, 9.17) is 10.2 Å². The van der Waals surface area contributed by atoms with E-state index in [-0.39, 0.29) is 39.5 Å². The summed E-state index contributed by atoms with van der Waals surface area (Å²) in [5, 5.41) is 35.7. The molecule has 1 aliphatic rings. The maximum absolute atomic E-state index is 13.1. The summed E-state index contributed by atoms with van der Waals surface area (Å²) >= 11 is 7.26. The van der Waals surface area contributed by atoms with Gasteiger partial charge in [-0.3, -0.25) is 34.7 Å². The summed E-state index contributed by atoms with van der Waals surface area (Å²) in [6.45, 7) is 1.50. The highest BCUT2D eigenvalue weighted by atomic mass is 79.9. The van der Waals surface area contributed by atoms with Gasteiger partial charge in [-0.1, -0.05) is 194 Å². The molecule has 3 heterocycles.